The molecule has 0 aliphatic carbocycles. The Hall–Kier alpha value is -2.82. The molecular weight excluding hydrogens is 426 g/mol. The average molecular weight is 462 g/mol. The highest BCUT2D eigenvalue weighted by atomic mass is 16.5. The van der Waals surface area contributed by atoms with Gasteiger partial charge in [-0.1, -0.05) is 12.1 Å². The lowest BCUT2D eigenvalue weighted by Gasteiger charge is -2.27. The summed E-state index contributed by atoms with van der Waals surface area (Å²) in [6.07, 6.45) is -0.721. The van der Waals surface area contributed by atoms with Gasteiger partial charge in [0.1, 0.15) is 25.9 Å². The number of azo groups is 1. The molecule has 0 aliphatic heterocycles. The zero-order valence-corrected chi connectivity index (χ0v) is 20.0. The third kappa shape index (κ3) is 10.6. The summed E-state index contributed by atoms with van der Waals surface area (Å²) in [4.78, 5) is 0. The second kappa shape index (κ2) is 13.7. The van der Waals surface area contributed by atoms with Crippen LogP contribution in [0.15, 0.2) is 46.6 Å². The van der Waals surface area contributed by atoms with Crippen molar-refractivity contribution in [2.24, 2.45) is 10.2 Å². The van der Waals surface area contributed by atoms with E-state index in [1.165, 1.54) is 0 Å². The van der Waals surface area contributed by atoms with Crippen molar-refractivity contribution in [2.75, 3.05) is 40.1 Å². The van der Waals surface area contributed by atoms with Gasteiger partial charge in [-0.25, -0.2) is 0 Å². The largest absolute Gasteiger partial charge is 0.487 e. The van der Waals surface area contributed by atoms with E-state index in [1.807, 2.05) is 45.9 Å². The normalized spacial score (nSPS) is 12.8. The first-order valence-electron chi connectivity index (χ1n) is 10.9. The van der Waals surface area contributed by atoms with Crippen molar-refractivity contribution >= 4 is 5.82 Å². The van der Waals surface area contributed by atoms with Crippen molar-refractivity contribution in [1.82, 2.24) is 15.5 Å². The Labute approximate surface area is 195 Å². The van der Waals surface area contributed by atoms with Crippen molar-refractivity contribution in [2.45, 2.75) is 45.4 Å². The van der Waals surface area contributed by atoms with E-state index in [4.69, 9.17) is 18.9 Å². The molecule has 2 rings (SSSR count). The van der Waals surface area contributed by atoms with Crippen LogP contribution >= 0.6 is 0 Å². The summed E-state index contributed by atoms with van der Waals surface area (Å²) in [7, 11) is 1.62. The molecule has 0 amide bonds. The van der Waals surface area contributed by atoms with Crippen LogP contribution < -0.4 is 19.5 Å². The Kier molecular flexibility index (Phi) is 10.9. The molecule has 0 radical (unpaired) electrons. The number of methoxy groups -OCH3 is 1. The van der Waals surface area contributed by atoms with Gasteiger partial charge in [0.2, 0.25) is 5.88 Å². The highest BCUT2D eigenvalue weighted by molar-refractivity contribution is 5.39. The molecule has 0 fully saturated rings. The summed E-state index contributed by atoms with van der Waals surface area (Å²) in [6.45, 7) is 9.49. The Bertz CT molecular complexity index is 845. The number of aliphatic hydroxyl groups excluding tert-OH is 1. The van der Waals surface area contributed by atoms with Crippen LogP contribution in [-0.2, 0) is 4.74 Å². The first kappa shape index (κ1) is 26.4. The van der Waals surface area contributed by atoms with Crippen LogP contribution in [0.3, 0.4) is 0 Å². The van der Waals surface area contributed by atoms with Crippen molar-refractivity contribution in [3.63, 3.8) is 0 Å². The van der Waals surface area contributed by atoms with Gasteiger partial charge in [0, 0.05) is 25.3 Å². The molecule has 1 aromatic heterocycles. The number of rotatable bonds is 15. The molecule has 10 heteroatoms. The van der Waals surface area contributed by atoms with Crippen LogP contribution in [0.4, 0.5) is 5.82 Å². The number of β-amino-alcohol motifs (C(OH)–C–C–N with tert-alkyl or cyclic N) is 1. The number of hydrogen-bond donors (Lipinski definition) is 2. The second-order valence-electron chi connectivity index (χ2n) is 8.35. The van der Waals surface area contributed by atoms with Gasteiger partial charge < -0.3 is 29.4 Å². The molecule has 2 N–H and O–H groups in total. The Morgan fingerprint density at radius 1 is 1.00 bits per heavy atom. The smallest absolute Gasteiger partial charge is 0.233 e. The van der Waals surface area contributed by atoms with E-state index in [2.05, 4.69) is 25.7 Å². The van der Waals surface area contributed by atoms with Gasteiger partial charge in [0.05, 0.1) is 12.6 Å². The quantitative estimate of drug-likeness (QED) is 0.307. The standard InChI is InChI=1S/C23H35N5O5/c1-17(2)25-26-21-10-11-22(28-27-21)33-16-23(3,4)24-14-18(29)15-32-20-9-7-6-8-19(20)31-13-12-30-5/h6-11,17-18,24,29H,12-16H2,1-5H3. The van der Waals surface area contributed by atoms with Gasteiger partial charge in [-0.15, -0.1) is 15.3 Å². The summed E-state index contributed by atoms with van der Waals surface area (Å²) >= 11 is 0. The molecule has 0 saturated heterocycles. The molecule has 1 heterocycles. The summed E-state index contributed by atoms with van der Waals surface area (Å²) in [5.74, 6) is 2.01. The molecular formula is C23H35N5O5. The van der Waals surface area contributed by atoms with Gasteiger partial charge in [0.25, 0.3) is 0 Å². The molecule has 182 valence electrons. The van der Waals surface area contributed by atoms with Crippen molar-refractivity contribution in [3.05, 3.63) is 36.4 Å². The van der Waals surface area contributed by atoms with Crippen LogP contribution in [0.1, 0.15) is 27.7 Å². The van der Waals surface area contributed by atoms with E-state index in [0.29, 0.717) is 49.6 Å². The topological polar surface area (TPSA) is 120 Å². The maximum absolute atomic E-state index is 10.4. The molecule has 0 spiro atoms. The molecule has 1 aromatic carbocycles. The van der Waals surface area contributed by atoms with Crippen LogP contribution in [0.5, 0.6) is 17.4 Å². The third-order valence-electron chi connectivity index (χ3n) is 4.24. The highest BCUT2D eigenvalue weighted by Gasteiger charge is 2.20. The molecule has 0 saturated carbocycles. The summed E-state index contributed by atoms with van der Waals surface area (Å²) in [6, 6.07) is 10.8. The van der Waals surface area contributed by atoms with E-state index < -0.39 is 11.6 Å². The fourth-order valence-electron chi connectivity index (χ4n) is 2.49. The van der Waals surface area contributed by atoms with Crippen molar-refractivity contribution in [3.8, 4) is 17.4 Å². The number of aliphatic hydroxyl groups is 1. The zero-order valence-electron chi connectivity index (χ0n) is 20.0. The first-order valence-corrected chi connectivity index (χ1v) is 10.9. The Morgan fingerprint density at radius 2 is 1.73 bits per heavy atom. The van der Waals surface area contributed by atoms with Gasteiger partial charge in [0.15, 0.2) is 17.3 Å². The monoisotopic (exact) mass is 461 g/mol. The minimum Gasteiger partial charge on any atom is -0.487 e. The minimum atomic E-state index is -0.721. The zero-order chi connectivity index (χ0) is 24.1. The fourth-order valence-corrected chi connectivity index (χ4v) is 2.49. The van der Waals surface area contributed by atoms with Crippen LogP contribution in [0, 0.1) is 0 Å². The maximum atomic E-state index is 10.4. The molecule has 33 heavy (non-hydrogen) atoms. The number of ether oxygens (including phenoxy) is 4. The number of para-hydroxylation sites is 2. The third-order valence-corrected chi connectivity index (χ3v) is 4.24. The maximum Gasteiger partial charge on any atom is 0.233 e. The van der Waals surface area contributed by atoms with Gasteiger partial charge in [-0.2, -0.15) is 5.11 Å². The molecule has 10 nitrogen and oxygen atoms in total. The van der Waals surface area contributed by atoms with Crippen molar-refractivity contribution in [1.29, 1.82) is 0 Å². The lowest BCUT2D eigenvalue weighted by atomic mass is 10.1. The lowest BCUT2D eigenvalue weighted by Crippen LogP contribution is -2.48. The molecule has 0 bridgehead atoms. The number of hydrogen-bond acceptors (Lipinski definition) is 10. The van der Waals surface area contributed by atoms with E-state index >= 15 is 0 Å². The van der Waals surface area contributed by atoms with Crippen molar-refractivity contribution < 1.29 is 24.1 Å². The first-order chi connectivity index (χ1) is 15.8. The predicted molar refractivity (Wildman–Crippen MR) is 125 cm³/mol. The minimum absolute atomic E-state index is 0.0966. The molecule has 0 aliphatic rings. The van der Waals surface area contributed by atoms with Gasteiger partial charge in [-0.05, 0) is 45.9 Å². The van der Waals surface area contributed by atoms with Crippen LogP contribution in [0.25, 0.3) is 0 Å². The average Bonchev–Trinajstić information content (AvgIpc) is 2.80. The van der Waals surface area contributed by atoms with E-state index in [9.17, 15) is 5.11 Å². The molecule has 1 atom stereocenters. The summed E-state index contributed by atoms with van der Waals surface area (Å²) < 4.78 is 22.1. The molecule has 1 unspecified atom stereocenters. The Balaban J connectivity index is 1.75. The highest BCUT2D eigenvalue weighted by Crippen LogP contribution is 2.26. The van der Waals surface area contributed by atoms with E-state index in [0.717, 1.165) is 0 Å². The van der Waals surface area contributed by atoms with Gasteiger partial charge in [-0.3, -0.25) is 0 Å². The van der Waals surface area contributed by atoms with Crippen LogP contribution in [0.2, 0.25) is 0 Å². The van der Waals surface area contributed by atoms with Gasteiger partial charge >= 0.3 is 0 Å². The summed E-state index contributed by atoms with van der Waals surface area (Å²) in [5, 5.41) is 29.7. The number of aromatic nitrogens is 2. The molecule has 2 aromatic rings. The van der Waals surface area contributed by atoms with E-state index in [1.54, 1.807) is 25.3 Å². The SMILES string of the molecule is COCCOc1ccccc1OCC(O)CNC(C)(C)COc1ccc(N=NC(C)C)nn1. The summed E-state index contributed by atoms with van der Waals surface area (Å²) in [5.41, 5.74) is -0.417. The lowest BCUT2D eigenvalue weighted by molar-refractivity contribution is 0.0892. The van der Waals surface area contributed by atoms with Crippen LogP contribution in [-0.4, -0.2) is 73.1 Å². The number of nitrogens with zero attached hydrogens (tertiary/aromatic N) is 4. The Morgan fingerprint density at radius 3 is 2.36 bits per heavy atom. The van der Waals surface area contributed by atoms with E-state index in [-0.39, 0.29) is 12.6 Å². The number of nitrogens with one attached hydrogen (secondary N) is 1. The second-order valence-corrected chi connectivity index (χ2v) is 8.35. The fraction of sp³-hybridized carbons (Fsp3) is 0.565. The number of benzene rings is 1. The predicted octanol–water partition coefficient (Wildman–Crippen LogP) is 3.18.